The topological polar surface area (TPSA) is 77.5 Å². The van der Waals surface area contributed by atoms with Crippen LogP contribution in [-0.2, 0) is 14.3 Å². The first-order chi connectivity index (χ1) is 18.0. The van der Waals surface area contributed by atoms with Crippen molar-refractivity contribution >= 4 is 23.4 Å². The van der Waals surface area contributed by atoms with Gasteiger partial charge in [-0.2, -0.15) is 0 Å². The summed E-state index contributed by atoms with van der Waals surface area (Å²) in [5, 5.41) is 4.03. The van der Waals surface area contributed by atoms with Crippen LogP contribution < -0.4 is 10.1 Å². The van der Waals surface area contributed by atoms with Gasteiger partial charge >= 0.3 is 5.97 Å². The Morgan fingerprint density at radius 3 is 2.51 bits per heavy atom. The first-order valence-electron chi connectivity index (χ1n) is 12.3. The molecule has 1 aliphatic heterocycles. The minimum absolute atomic E-state index is 0.00719. The summed E-state index contributed by atoms with van der Waals surface area (Å²) in [4.78, 5) is 31.2. The van der Waals surface area contributed by atoms with E-state index in [4.69, 9.17) is 21.1 Å². The molecule has 0 amide bonds. The highest BCUT2D eigenvalue weighted by Crippen LogP contribution is 2.45. The SMILES string of the molecule is CC1=C(C(=O)OCCOc2ccccc2)[C@@H](c2cccnc2)C2=C(C[C@H](c3ccc(Cl)cc3)CC2=O)N1. The predicted octanol–water partition coefficient (Wildman–Crippen LogP) is 5.72. The van der Waals surface area contributed by atoms with Gasteiger partial charge in [0.15, 0.2) is 5.78 Å². The summed E-state index contributed by atoms with van der Waals surface area (Å²) in [6, 6.07) is 20.7. The first-order valence-corrected chi connectivity index (χ1v) is 12.6. The number of halogens is 1. The van der Waals surface area contributed by atoms with Crippen molar-refractivity contribution in [3.63, 3.8) is 0 Å². The van der Waals surface area contributed by atoms with E-state index in [1.807, 2.05) is 73.7 Å². The van der Waals surface area contributed by atoms with Crippen LogP contribution >= 0.6 is 11.6 Å². The maximum absolute atomic E-state index is 13.6. The molecule has 5 rings (SSSR count). The number of ketones is 1. The molecule has 6 nitrogen and oxygen atoms in total. The van der Waals surface area contributed by atoms with E-state index >= 15 is 0 Å². The molecule has 2 aromatic carbocycles. The zero-order valence-electron chi connectivity index (χ0n) is 20.4. The second-order valence-corrected chi connectivity index (χ2v) is 9.59. The molecule has 188 valence electrons. The Morgan fingerprint density at radius 2 is 1.78 bits per heavy atom. The van der Waals surface area contributed by atoms with Crippen molar-refractivity contribution in [3.8, 4) is 5.75 Å². The molecule has 3 aromatic rings. The number of Topliss-reactive ketones (excluding diaryl/α,β-unsaturated/α-hetero) is 1. The van der Waals surface area contributed by atoms with E-state index in [2.05, 4.69) is 10.3 Å². The van der Waals surface area contributed by atoms with Crippen molar-refractivity contribution in [2.75, 3.05) is 13.2 Å². The second kappa shape index (κ2) is 11.0. The van der Waals surface area contributed by atoms with E-state index in [9.17, 15) is 9.59 Å². The monoisotopic (exact) mass is 514 g/mol. The molecule has 0 bridgehead atoms. The van der Waals surface area contributed by atoms with Crippen LogP contribution in [0.5, 0.6) is 5.75 Å². The van der Waals surface area contributed by atoms with Gasteiger partial charge in [-0.15, -0.1) is 0 Å². The molecule has 0 spiro atoms. The fourth-order valence-electron chi connectivity index (χ4n) is 5.05. The lowest BCUT2D eigenvalue weighted by atomic mass is 9.72. The van der Waals surface area contributed by atoms with Crippen LogP contribution in [-0.4, -0.2) is 30.0 Å². The molecule has 0 saturated heterocycles. The van der Waals surface area contributed by atoms with E-state index in [-0.39, 0.29) is 24.9 Å². The van der Waals surface area contributed by atoms with E-state index in [0.29, 0.717) is 40.5 Å². The lowest BCUT2D eigenvalue weighted by Crippen LogP contribution is -2.36. The van der Waals surface area contributed by atoms with Gasteiger partial charge in [-0.05, 0) is 60.7 Å². The molecule has 1 aliphatic carbocycles. The number of hydrogen-bond donors (Lipinski definition) is 1. The second-order valence-electron chi connectivity index (χ2n) is 9.15. The summed E-state index contributed by atoms with van der Waals surface area (Å²) in [6.07, 6.45) is 4.39. The van der Waals surface area contributed by atoms with E-state index in [0.717, 1.165) is 16.8 Å². The van der Waals surface area contributed by atoms with Crippen molar-refractivity contribution in [1.82, 2.24) is 10.3 Å². The molecule has 2 heterocycles. The molecule has 7 heteroatoms. The molecule has 1 N–H and O–H groups in total. The third kappa shape index (κ3) is 5.44. The average molecular weight is 515 g/mol. The van der Waals surface area contributed by atoms with Crippen LogP contribution in [0.15, 0.2) is 102 Å². The minimum Gasteiger partial charge on any atom is -0.490 e. The molecule has 2 atom stereocenters. The van der Waals surface area contributed by atoms with Crippen molar-refractivity contribution in [2.24, 2.45) is 0 Å². The zero-order valence-corrected chi connectivity index (χ0v) is 21.2. The smallest absolute Gasteiger partial charge is 0.336 e. The van der Waals surface area contributed by atoms with Crippen molar-refractivity contribution in [3.05, 3.63) is 118 Å². The van der Waals surface area contributed by atoms with Gasteiger partial charge in [-0.3, -0.25) is 9.78 Å². The Hall–Kier alpha value is -3.90. The number of ether oxygens (including phenoxy) is 2. The fraction of sp³-hybridized carbons (Fsp3) is 0.233. The molecule has 0 unspecified atom stereocenters. The van der Waals surface area contributed by atoms with Crippen LogP contribution in [0.2, 0.25) is 5.02 Å². The summed E-state index contributed by atoms with van der Waals surface area (Å²) >= 11 is 6.07. The Morgan fingerprint density at radius 1 is 1.00 bits per heavy atom. The molecule has 0 saturated carbocycles. The van der Waals surface area contributed by atoms with Gasteiger partial charge in [-0.1, -0.05) is 48.0 Å². The number of carbonyl (C=O) groups excluding carboxylic acids is 2. The minimum atomic E-state index is -0.550. The normalized spacial score (nSPS) is 19.2. The van der Waals surface area contributed by atoms with Gasteiger partial charge in [0.1, 0.15) is 19.0 Å². The number of dihydropyridines is 1. The standard InChI is InChI=1S/C30H27ClN2O4/c1-19-27(30(35)37-15-14-36-24-7-3-2-4-8-24)28(21-6-5-13-32-18-21)29-25(33-19)16-22(17-26(29)34)20-9-11-23(31)12-10-20/h2-13,18,22,28,33H,14-17H2,1H3/t22-,28+/m0/s1. The quantitative estimate of drug-likeness (QED) is 0.321. The zero-order chi connectivity index (χ0) is 25.8. The van der Waals surface area contributed by atoms with Crippen LogP contribution in [0.25, 0.3) is 0 Å². The Labute approximate surface area is 221 Å². The number of aromatic nitrogens is 1. The van der Waals surface area contributed by atoms with E-state index in [1.165, 1.54) is 0 Å². The molecular weight excluding hydrogens is 488 g/mol. The maximum Gasteiger partial charge on any atom is 0.336 e. The molecule has 37 heavy (non-hydrogen) atoms. The molecular formula is C30H27ClN2O4. The molecule has 0 radical (unpaired) electrons. The molecule has 2 aliphatic rings. The lowest BCUT2D eigenvalue weighted by Gasteiger charge is -2.36. The molecule has 1 aromatic heterocycles. The number of pyridine rings is 1. The van der Waals surface area contributed by atoms with Gasteiger partial charge in [-0.25, -0.2) is 4.79 Å². The van der Waals surface area contributed by atoms with Crippen molar-refractivity contribution in [1.29, 1.82) is 0 Å². The Balaban J connectivity index is 1.39. The number of nitrogens with one attached hydrogen (secondary N) is 1. The number of benzene rings is 2. The first kappa shape index (κ1) is 24.8. The summed E-state index contributed by atoms with van der Waals surface area (Å²) < 4.78 is 11.3. The summed E-state index contributed by atoms with van der Waals surface area (Å²) in [5.41, 5.74) is 4.38. The number of esters is 1. The van der Waals surface area contributed by atoms with Gasteiger partial charge < -0.3 is 14.8 Å². The Kier molecular flexibility index (Phi) is 7.37. The highest BCUT2D eigenvalue weighted by molar-refractivity contribution is 6.30. The number of rotatable bonds is 7. The largest absolute Gasteiger partial charge is 0.490 e. The van der Waals surface area contributed by atoms with Crippen LogP contribution in [0, 0.1) is 0 Å². The van der Waals surface area contributed by atoms with Crippen molar-refractivity contribution < 1.29 is 19.1 Å². The number of nitrogens with zero attached hydrogens (tertiary/aromatic N) is 1. The third-order valence-electron chi connectivity index (χ3n) is 6.74. The summed E-state index contributed by atoms with van der Waals surface area (Å²) in [6.45, 7) is 2.16. The van der Waals surface area contributed by atoms with Gasteiger partial charge in [0.05, 0.1) is 5.57 Å². The van der Waals surface area contributed by atoms with Crippen LogP contribution in [0.4, 0.5) is 0 Å². The number of allylic oxidation sites excluding steroid dienone is 3. The van der Waals surface area contributed by atoms with Gasteiger partial charge in [0, 0.05) is 46.7 Å². The van der Waals surface area contributed by atoms with Crippen LogP contribution in [0.1, 0.15) is 42.7 Å². The predicted molar refractivity (Wildman–Crippen MR) is 141 cm³/mol. The summed E-state index contributed by atoms with van der Waals surface area (Å²) in [5.74, 6) is -0.282. The molecule has 0 fully saturated rings. The van der Waals surface area contributed by atoms with Gasteiger partial charge in [0.2, 0.25) is 0 Å². The van der Waals surface area contributed by atoms with Crippen molar-refractivity contribution in [2.45, 2.75) is 31.6 Å². The number of para-hydroxylation sites is 1. The Bertz CT molecular complexity index is 1350. The van der Waals surface area contributed by atoms with Gasteiger partial charge in [0.25, 0.3) is 0 Å². The highest BCUT2D eigenvalue weighted by atomic mass is 35.5. The average Bonchev–Trinajstić information content (AvgIpc) is 2.91. The van der Waals surface area contributed by atoms with Crippen LogP contribution in [0.3, 0.4) is 0 Å². The highest BCUT2D eigenvalue weighted by Gasteiger charge is 2.41. The number of carbonyl (C=O) groups is 2. The lowest BCUT2D eigenvalue weighted by molar-refractivity contribution is -0.140. The van der Waals surface area contributed by atoms with E-state index in [1.54, 1.807) is 12.4 Å². The fourth-order valence-corrected chi connectivity index (χ4v) is 5.17. The maximum atomic E-state index is 13.6. The third-order valence-corrected chi connectivity index (χ3v) is 6.99. The summed E-state index contributed by atoms with van der Waals surface area (Å²) in [7, 11) is 0. The number of hydrogen-bond acceptors (Lipinski definition) is 6. The van der Waals surface area contributed by atoms with E-state index < -0.39 is 11.9 Å².